The molecular weight excluding hydrogens is 246 g/mol. The number of hydrogen-bond acceptors (Lipinski definition) is 5. The van der Waals surface area contributed by atoms with Crippen molar-refractivity contribution in [3.63, 3.8) is 0 Å². The highest BCUT2D eigenvalue weighted by atomic mass is 32.1. The van der Waals surface area contributed by atoms with E-state index in [-0.39, 0.29) is 0 Å². The van der Waals surface area contributed by atoms with Gasteiger partial charge in [0.05, 0.1) is 22.1 Å². The Hall–Kier alpha value is -1.79. The summed E-state index contributed by atoms with van der Waals surface area (Å²) in [6, 6.07) is 8.20. The highest BCUT2D eigenvalue weighted by Gasteiger charge is 2.03. The Labute approximate surface area is 108 Å². The lowest BCUT2D eigenvalue weighted by Crippen LogP contribution is -2.15. The van der Waals surface area contributed by atoms with E-state index in [1.165, 1.54) is 4.70 Å². The van der Waals surface area contributed by atoms with E-state index in [9.17, 15) is 0 Å². The molecule has 18 heavy (non-hydrogen) atoms. The molecule has 6 heteroatoms. The Bertz CT molecular complexity index is 624. The van der Waals surface area contributed by atoms with Crippen molar-refractivity contribution in [2.75, 3.05) is 0 Å². The van der Waals surface area contributed by atoms with Crippen molar-refractivity contribution < 1.29 is 0 Å². The molecular formula is C12H13N5S. The van der Waals surface area contributed by atoms with Crippen LogP contribution in [0, 0.1) is 0 Å². The Morgan fingerprint density at radius 1 is 1.28 bits per heavy atom. The van der Waals surface area contributed by atoms with E-state index in [4.69, 9.17) is 0 Å². The number of aryl methyl sites for hydroxylation is 1. The van der Waals surface area contributed by atoms with Crippen molar-refractivity contribution in [3.05, 3.63) is 41.2 Å². The van der Waals surface area contributed by atoms with Crippen molar-refractivity contribution >= 4 is 21.6 Å². The number of nitrogens with one attached hydrogen (secondary N) is 1. The van der Waals surface area contributed by atoms with Gasteiger partial charge in [0.25, 0.3) is 0 Å². The summed E-state index contributed by atoms with van der Waals surface area (Å²) in [4.78, 5) is 4.57. The smallest absolute Gasteiger partial charge is 0.108 e. The third kappa shape index (κ3) is 2.25. The van der Waals surface area contributed by atoms with Gasteiger partial charge in [0.1, 0.15) is 5.01 Å². The third-order valence-electron chi connectivity index (χ3n) is 2.73. The molecule has 0 saturated heterocycles. The van der Waals surface area contributed by atoms with Crippen molar-refractivity contribution in [1.82, 2.24) is 25.3 Å². The topological polar surface area (TPSA) is 55.6 Å². The summed E-state index contributed by atoms with van der Waals surface area (Å²) < 4.78 is 3.00. The van der Waals surface area contributed by atoms with Crippen LogP contribution in [0.25, 0.3) is 10.2 Å². The van der Waals surface area contributed by atoms with Crippen molar-refractivity contribution in [2.24, 2.45) is 7.05 Å². The van der Waals surface area contributed by atoms with Gasteiger partial charge in [-0.1, -0.05) is 17.3 Å². The number of hydrogen-bond donors (Lipinski definition) is 1. The third-order valence-corrected chi connectivity index (χ3v) is 3.77. The summed E-state index contributed by atoms with van der Waals surface area (Å²) in [7, 11) is 1.89. The average Bonchev–Trinajstić information content (AvgIpc) is 2.96. The zero-order valence-corrected chi connectivity index (χ0v) is 10.8. The predicted molar refractivity (Wildman–Crippen MR) is 71.2 cm³/mol. The summed E-state index contributed by atoms with van der Waals surface area (Å²) in [5.74, 6) is 0. The molecule has 0 atom stereocenters. The van der Waals surface area contributed by atoms with Crippen LogP contribution in [0.1, 0.15) is 10.7 Å². The molecule has 0 saturated carbocycles. The summed E-state index contributed by atoms with van der Waals surface area (Å²) in [5.41, 5.74) is 2.14. The van der Waals surface area contributed by atoms with E-state index < -0.39 is 0 Å². The minimum atomic E-state index is 0.749. The second-order valence-corrected chi connectivity index (χ2v) is 5.14. The Morgan fingerprint density at radius 2 is 2.17 bits per heavy atom. The van der Waals surface area contributed by atoms with E-state index in [1.807, 2.05) is 25.2 Å². The highest BCUT2D eigenvalue weighted by molar-refractivity contribution is 7.18. The molecule has 0 radical (unpaired) electrons. The van der Waals surface area contributed by atoms with Gasteiger partial charge in [-0.05, 0) is 12.1 Å². The van der Waals surface area contributed by atoms with Gasteiger partial charge in [-0.25, -0.2) is 4.98 Å². The standard InChI is InChI=1S/C12H13N5S/c1-17-9(7-14-16-17)6-13-8-12-15-10-4-2-3-5-11(10)18-12/h2-5,7,13H,6,8H2,1H3. The summed E-state index contributed by atoms with van der Waals surface area (Å²) in [5, 5.41) is 12.2. The SMILES string of the molecule is Cn1nncc1CNCc1nc2ccccc2s1. The zero-order valence-electron chi connectivity index (χ0n) is 10.00. The maximum absolute atomic E-state index is 4.57. The van der Waals surface area contributed by atoms with Gasteiger partial charge in [-0.2, -0.15) is 0 Å². The molecule has 3 aromatic rings. The Morgan fingerprint density at radius 3 is 2.94 bits per heavy atom. The zero-order chi connectivity index (χ0) is 12.4. The highest BCUT2D eigenvalue weighted by Crippen LogP contribution is 2.21. The van der Waals surface area contributed by atoms with Crippen LogP contribution < -0.4 is 5.32 Å². The van der Waals surface area contributed by atoms with Crippen molar-refractivity contribution in [2.45, 2.75) is 13.1 Å². The number of aromatic nitrogens is 4. The monoisotopic (exact) mass is 259 g/mol. The van der Waals surface area contributed by atoms with Crippen molar-refractivity contribution in [1.29, 1.82) is 0 Å². The Kier molecular flexibility index (Phi) is 3.04. The van der Waals surface area contributed by atoms with Crippen LogP contribution in [0.3, 0.4) is 0 Å². The number of nitrogens with zero attached hydrogens (tertiary/aromatic N) is 4. The maximum Gasteiger partial charge on any atom is 0.108 e. The molecule has 92 valence electrons. The number of rotatable bonds is 4. The van der Waals surface area contributed by atoms with Gasteiger partial charge in [0, 0.05) is 20.1 Å². The van der Waals surface area contributed by atoms with E-state index in [2.05, 4.69) is 26.7 Å². The number of thiazole rings is 1. The molecule has 5 nitrogen and oxygen atoms in total. The molecule has 0 aliphatic carbocycles. The fourth-order valence-electron chi connectivity index (χ4n) is 1.76. The van der Waals surface area contributed by atoms with Gasteiger partial charge < -0.3 is 5.32 Å². The van der Waals surface area contributed by atoms with Crippen LogP contribution in [0.4, 0.5) is 0 Å². The second-order valence-electron chi connectivity index (χ2n) is 4.03. The maximum atomic E-state index is 4.57. The van der Waals surface area contributed by atoms with E-state index in [1.54, 1.807) is 22.2 Å². The van der Waals surface area contributed by atoms with Gasteiger partial charge in [0.2, 0.25) is 0 Å². The normalized spacial score (nSPS) is 11.2. The molecule has 0 aliphatic heterocycles. The first-order chi connectivity index (χ1) is 8.83. The lowest BCUT2D eigenvalue weighted by molar-refractivity contribution is 0.616. The van der Waals surface area contributed by atoms with Gasteiger partial charge in [0.15, 0.2) is 0 Å². The predicted octanol–water partition coefficient (Wildman–Crippen LogP) is 1.71. The van der Waals surface area contributed by atoms with Crippen molar-refractivity contribution in [3.8, 4) is 0 Å². The lowest BCUT2D eigenvalue weighted by Gasteiger charge is -2.01. The van der Waals surface area contributed by atoms with Crippen LogP contribution in [0.2, 0.25) is 0 Å². The van der Waals surface area contributed by atoms with Crippen LogP contribution >= 0.6 is 11.3 Å². The number of para-hydroxylation sites is 1. The molecule has 3 rings (SSSR count). The number of benzene rings is 1. The second kappa shape index (κ2) is 4.83. The first-order valence-corrected chi connectivity index (χ1v) is 6.53. The molecule has 0 aliphatic rings. The average molecular weight is 259 g/mol. The molecule has 0 bridgehead atoms. The van der Waals surface area contributed by atoms with Gasteiger partial charge in [-0.15, -0.1) is 16.4 Å². The van der Waals surface area contributed by atoms with E-state index in [0.29, 0.717) is 0 Å². The summed E-state index contributed by atoms with van der Waals surface area (Å²) in [6.07, 6.45) is 1.77. The number of fused-ring (bicyclic) bond motifs is 1. The molecule has 0 unspecified atom stereocenters. The molecule has 1 aromatic carbocycles. The molecule has 0 fully saturated rings. The lowest BCUT2D eigenvalue weighted by atomic mass is 10.3. The van der Waals surface area contributed by atoms with E-state index >= 15 is 0 Å². The minimum absolute atomic E-state index is 0.749. The Balaban J connectivity index is 1.65. The quantitative estimate of drug-likeness (QED) is 0.775. The molecule has 2 aromatic heterocycles. The molecule has 2 heterocycles. The first-order valence-electron chi connectivity index (χ1n) is 5.71. The minimum Gasteiger partial charge on any atom is -0.305 e. The van der Waals surface area contributed by atoms with Crippen LogP contribution in [0.15, 0.2) is 30.5 Å². The van der Waals surface area contributed by atoms with Crippen LogP contribution in [0.5, 0.6) is 0 Å². The summed E-state index contributed by atoms with van der Waals surface area (Å²) in [6.45, 7) is 1.52. The van der Waals surface area contributed by atoms with Crippen LogP contribution in [-0.2, 0) is 20.1 Å². The molecule has 0 amide bonds. The first kappa shape index (κ1) is 11.3. The fourth-order valence-corrected chi connectivity index (χ4v) is 2.70. The van der Waals surface area contributed by atoms with E-state index in [0.717, 1.165) is 29.3 Å². The largest absolute Gasteiger partial charge is 0.305 e. The molecule has 0 spiro atoms. The molecule has 1 N–H and O–H groups in total. The summed E-state index contributed by atoms with van der Waals surface area (Å²) >= 11 is 1.73. The van der Waals surface area contributed by atoms with Gasteiger partial charge in [-0.3, -0.25) is 4.68 Å². The van der Waals surface area contributed by atoms with Gasteiger partial charge >= 0.3 is 0 Å². The fraction of sp³-hybridized carbons (Fsp3) is 0.250. The van der Waals surface area contributed by atoms with Crippen LogP contribution in [-0.4, -0.2) is 20.0 Å².